The Hall–Kier alpha value is -1.27. The predicted molar refractivity (Wildman–Crippen MR) is 115 cm³/mol. The number of nitrogens with zero attached hydrogens (tertiary/aromatic N) is 6. The smallest absolute Gasteiger partial charge is 0.194 e. The van der Waals surface area contributed by atoms with Crippen LogP contribution in [-0.2, 0) is 24.9 Å². The quantitative estimate of drug-likeness (QED) is 0.263. The number of rotatable bonds is 8. The van der Waals surface area contributed by atoms with Crippen molar-refractivity contribution in [1.82, 2.24) is 30.0 Å². The minimum atomic E-state index is 0. The Morgan fingerprint density at radius 2 is 2.15 bits per heavy atom. The van der Waals surface area contributed by atoms with Crippen LogP contribution in [0.5, 0.6) is 0 Å². The summed E-state index contributed by atoms with van der Waals surface area (Å²) < 4.78 is 7.06. The van der Waals surface area contributed by atoms with Gasteiger partial charge in [-0.2, -0.15) is 0 Å². The highest BCUT2D eigenvalue weighted by Gasteiger charge is 2.10. The molecule has 0 fully saturated rings. The molecule has 0 aliphatic heterocycles. The van der Waals surface area contributed by atoms with E-state index >= 15 is 0 Å². The lowest BCUT2D eigenvalue weighted by Gasteiger charge is -2.21. The summed E-state index contributed by atoms with van der Waals surface area (Å²) in [6.45, 7) is 6.65. The van der Waals surface area contributed by atoms with E-state index in [1.807, 2.05) is 32.5 Å². The molecule has 2 aromatic heterocycles. The Kier molecular flexibility index (Phi) is 10.0. The minimum Gasteiger partial charge on any atom is -0.385 e. The number of ether oxygens (including phenoxy) is 1. The number of methoxy groups -OCH3 is 1. The van der Waals surface area contributed by atoms with Crippen LogP contribution in [0, 0.1) is 13.8 Å². The van der Waals surface area contributed by atoms with Gasteiger partial charge in [0.25, 0.3) is 0 Å². The third kappa shape index (κ3) is 6.80. The van der Waals surface area contributed by atoms with Crippen LogP contribution in [-0.4, -0.2) is 57.9 Å². The second-order valence-corrected chi connectivity index (χ2v) is 6.91. The third-order valence-electron chi connectivity index (χ3n) is 3.79. The molecule has 0 saturated carbocycles. The Bertz CT molecular complexity index is 701. The van der Waals surface area contributed by atoms with E-state index in [4.69, 9.17) is 9.73 Å². The first kappa shape index (κ1) is 22.8. The van der Waals surface area contributed by atoms with Crippen molar-refractivity contribution < 1.29 is 4.74 Å². The SMILES string of the molecule is COCCCNC(=NCc1nnc(C)n1C)N(C)Cc1csc(C)n1.I. The van der Waals surface area contributed by atoms with Gasteiger partial charge in [0.05, 0.1) is 17.2 Å². The maximum Gasteiger partial charge on any atom is 0.194 e. The fraction of sp³-hybridized carbons (Fsp3) is 0.625. The maximum atomic E-state index is 5.11. The lowest BCUT2D eigenvalue weighted by molar-refractivity contribution is 0.195. The van der Waals surface area contributed by atoms with Gasteiger partial charge in [0.2, 0.25) is 0 Å². The molecule has 0 aromatic carbocycles. The molecular formula is C16H28IN7OS. The maximum absolute atomic E-state index is 5.11. The average Bonchev–Trinajstić information content (AvgIpc) is 3.13. The van der Waals surface area contributed by atoms with Gasteiger partial charge in [0, 0.05) is 39.7 Å². The molecule has 26 heavy (non-hydrogen) atoms. The van der Waals surface area contributed by atoms with Crippen molar-refractivity contribution in [3.8, 4) is 0 Å². The van der Waals surface area contributed by atoms with Gasteiger partial charge in [-0.1, -0.05) is 0 Å². The van der Waals surface area contributed by atoms with Crippen molar-refractivity contribution in [2.24, 2.45) is 12.0 Å². The minimum absolute atomic E-state index is 0. The van der Waals surface area contributed by atoms with Crippen LogP contribution in [0.3, 0.4) is 0 Å². The average molecular weight is 493 g/mol. The molecule has 2 aromatic rings. The van der Waals surface area contributed by atoms with E-state index in [0.717, 1.165) is 47.9 Å². The molecule has 0 saturated heterocycles. The van der Waals surface area contributed by atoms with Crippen LogP contribution < -0.4 is 5.32 Å². The van der Waals surface area contributed by atoms with Gasteiger partial charge < -0.3 is 19.5 Å². The molecule has 0 atom stereocenters. The normalized spacial score (nSPS) is 11.3. The molecule has 2 rings (SSSR count). The van der Waals surface area contributed by atoms with Crippen molar-refractivity contribution in [1.29, 1.82) is 0 Å². The molecule has 0 aliphatic carbocycles. The highest BCUT2D eigenvalue weighted by Crippen LogP contribution is 2.10. The van der Waals surface area contributed by atoms with Crippen molar-refractivity contribution in [3.63, 3.8) is 0 Å². The highest BCUT2D eigenvalue weighted by atomic mass is 127. The van der Waals surface area contributed by atoms with E-state index in [1.54, 1.807) is 18.4 Å². The number of aliphatic imine (C=N–C) groups is 1. The molecule has 0 unspecified atom stereocenters. The van der Waals surface area contributed by atoms with Crippen molar-refractivity contribution in [2.75, 3.05) is 27.3 Å². The van der Waals surface area contributed by atoms with E-state index < -0.39 is 0 Å². The summed E-state index contributed by atoms with van der Waals surface area (Å²) in [5, 5.41) is 14.8. The topological polar surface area (TPSA) is 80.5 Å². The summed E-state index contributed by atoms with van der Waals surface area (Å²) in [4.78, 5) is 11.3. The molecule has 0 bridgehead atoms. The van der Waals surface area contributed by atoms with Gasteiger partial charge in [0.15, 0.2) is 11.8 Å². The van der Waals surface area contributed by atoms with Crippen LogP contribution in [0.15, 0.2) is 10.4 Å². The lowest BCUT2D eigenvalue weighted by Crippen LogP contribution is -2.39. The van der Waals surface area contributed by atoms with Crippen molar-refractivity contribution >= 4 is 41.3 Å². The first-order valence-corrected chi connectivity index (χ1v) is 9.13. The standard InChI is InChI=1S/C16H27N7OS.HI/c1-12-20-21-15(23(12)4)9-18-16(17-7-6-8-24-5)22(3)10-14-11-25-13(2)19-14;/h11H,6-10H2,1-5H3,(H,17,18);1H. The molecule has 2 heterocycles. The molecule has 146 valence electrons. The van der Waals surface area contributed by atoms with Crippen LogP contribution >= 0.6 is 35.3 Å². The number of guanidine groups is 1. The Labute approximate surface area is 176 Å². The molecule has 0 spiro atoms. The molecule has 0 aliphatic rings. The van der Waals surface area contributed by atoms with Gasteiger partial charge >= 0.3 is 0 Å². The summed E-state index contributed by atoms with van der Waals surface area (Å²) in [5.74, 6) is 2.54. The molecule has 0 radical (unpaired) electrons. The van der Waals surface area contributed by atoms with Crippen molar-refractivity contribution in [3.05, 3.63) is 27.7 Å². The van der Waals surface area contributed by atoms with E-state index in [2.05, 4.69) is 30.8 Å². The fourth-order valence-electron chi connectivity index (χ4n) is 2.26. The summed E-state index contributed by atoms with van der Waals surface area (Å²) in [6, 6.07) is 0. The summed E-state index contributed by atoms with van der Waals surface area (Å²) in [5.41, 5.74) is 1.05. The molecule has 0 amide bonds. The monoisotopic (exact) mass is 493 g/mol. The zero-order valence-corrected chi connectivity index (χ0v) is 19.2. The Morgan fingerprint density at radius 1 is 1.38 bits per heavy atom. The number of hydrogen-bond acceptors (Lipinski definition) is 6. The lowest BCUT2D eigenvalue weighted by atomic mass is 10.4. The largest absolute Gasteiger partial charge is 0.385 e. The number of halogens is 1. The number of nitrogens with one attached hydrogen (secondary N) is 1. The number of aryl methyl sites for hydroxylation is 2. The first-order chi connectivity index (χ1) is 12.0. The second kappa shape index (κ2) is 11.4. The summed E-state index contributed by atoms with van der Waals surface area (Å²) >= 11 is 1.66. The third-order valence-corrected chi connectivity index (χ3v) is 4.61. The van der Waals surface area contributed by atoms with Crippen LogP contribution in [0.25, 0.3) is 0 Å². The zero-order chi connectivity index (χ0) is 18.2. The number of aromatic nitrogens is 4. The van der Waals surface area contributed by atoms with Crippen LogP contribution in [0.1, 0.15) is 28.8 Å². The molecule has 1 N–H and O–H groups in total. The van der Waals surface area contributed by atoms with Gasteiger partial charge in [0.1, 0.15) is 12.4 Å². The Balaban J connectivity index is 0.00000338. The second-order valence-electron chi connectivity index (χ2n) is 5.85. The zero-order valence-electron chi connectivity index (χ0n) is 16.0. The summed E-state index contributed by atoms with van der Waals surface area (Å²) in [7, 11) is 5.68. The van der Waals surface area contributed by atoms with E-state index in [0.29, 0.717) is 13.1 Å². The van der Waals surface area contributed by atoms with Gasteiger partial charge in [-0.15, -0.1) is 45.5 Å². The van der Waals surface area contributed by atoms with Crippen LogP contribution in [0.2, 0.25) is 0 Å². The van der Waals surface area contributed by atoms with Crippen molar-refractivity contribution in [2.45, 2.75) is 33.4 Å². The van der Waals surface area contributed by atoms with Crippen LogP contribution in [0.4, 0.5) is 0 Å². The van der Waals surface area contributed by atoms with Gasteiger partial charge in [-0.25, -0.2) is 9.98 Å². The first-order valence-electron chi connectivity index (χ1n) is 8.25. The Morgan fingerprint density at radius 3 is 2.73 bits per heavy atom. The van der Waals surface area contributed by atoms with E-state index in [1.165, 1.54) is 0 Å². The fourth-order valence-corrected chi connectivity index (χ4v) is 2.87. The number of hydrogen-bond donors (Lipinski definition) is 1. The predicted octanol–water partition coefficient (Wildman–Crippen LogP) is 2.12. The summed E-state index contributed by atoms with van der Waals surface area (Å²) in [6.07, 6.45) is 0.919. The number of thiazole rings is 1. The van der Waals surface area contributed by atoms with E-state index in [-0.39, 0.29) is 24.0 Å². The molecule has 8 nitrogen and oxygen atoms in total. The van der Waals surface area contributed by atoms with Gasteiger partial charge in [-0.05, 0) is 20.3 Å². The molecule has 10 heteroatoms. The molecular weight excluding hydrogens is 465 g/mol. The highest BCUT2D eigenvalue weighted by molar-refractivity contribution is 14.0. The van der Waals surface area contributed by atoms with E-state index in [9.17, 15) is 0 Å². The van der Waals surface area contributed by atoms with Gasteiger partial charge in [-0.3, -0.25) is 0 Å².